The SMILES string of the molecule is CC(=O)Nc1ccc(S(=O)(=O)CC[N+](C)(C)C)cc1. The van der Waals surface area contributed by atoms with Crippen LogP contribution in [-0.4, -0.2) is 52.2 Å². The van der Waals surface area contributed by atoms with E-state index >= 15 is 0 Å². The maximum absolute atomic E-state index is 12.1. The van der Waals surface area contributed by atoms with Gasteiger partial charge in [-0.15, -0.1) is 0 Å². The third-order valence-electron chi connectivity index (χ3n) is 2.56. The normalized spacial score (nSPS) is 12.2. The van der Waals surface area contributed by atoms with Gasteiger partial charge in [0.1, 0.15) is 5.75 Å². The van der Waals surface area contributed by atoms with Gasteiger partial charge in [-0.3, -0.25) is 4.79 Å². The van der Waals surface area contributed by atoms with E-state index in [4.69, 9.17) is 0 Å². The standard InChI is InChI=1S/C13H20N2O3S/c1-11(16)14-12-5-7-13(8-6-12)19(17,18)10-9-15(2,3)4/h5-8H,9-10H2,1-4H3/p+1. The second-order valence-electron chi connectivity index (χ2n) is 5.54. The molecule has 0 unspecified atom stereocenters. The molecule has 0 bridgehead atoms. The van der Waals surface area contributed by atoms with E-state index in [0.717, 1.165) is 0 Å². The van der Waals surface area contributed by atoms with E-state index in [-0.39, 0.29) is 16.6 Å². The average molecular weight is 285 g/mol. The molecule has 0 aliphatic carbocycles. The van der Waals surface area contributed by atoms with Crippen LogP contribution in [0, 0.1) is 0 Å². The van der Waals surface area contributed by atoms with Crippen molar-refractivity contribution >= 4 is 21.4 Å². The van der Waals surface area contributed by atoms with Crippen LogP contribution in [0.15, 0.2) is 29.2 Å². The van der Waals surface area contributed by atoms with Gasteiger partial charge in [0.25, 0.3) is 0 Å². The highest BCUT2D eigenvalue weighted by Gasteiger charge is 2.19. The summed E-state index contributed by atoms with van der Waals surface area (Å²) in [4.78, 5) is 11.2. The number of carbonyl (C=O) groups excluding carboxylic acids is 1. The number of nitrogens with zero attached hydrogens (tertiary/aromatic N) is 1. The van der Waals surface area contributed by atoms with Crippen LogP contribution in [0.5, 0.6) is 0 Å². The largest absolute Gasteiger partial charge is 0.330 e. The van der Waals surface area contributed by atoms with Crippen molar-refractivity contribution in [2.24, 2.45) is 0 Å². The zero-order valence-electron chi connectivity index (χ0n) is 11.8. The molecule has 0 aliphatic heterocycles. The first-order valence-electron chi connectivity index (χ1n) is 6.01. The monoisotopic (exact) mass is 285 g/mol. The summed E-state index contributed by atoms with van der Waals surface area (Å²) in [6.07, 6.45) is 0. The van der Waals surface area contributed by atoms with Crippen molar-refractivity contribution in [3.63, 3.8) is 0 Å². The Morgan fingerprint density at radius 3 is 2.11 bits per heavy atom. The number of hydrogen-bond acceptors (Lipinski definition) is 3. The molecule has 1 rings (SSSR count). The van der Waals surface area contributed by atoms with Crippen LogP contribution in [0.4, 0.5) is 5.69 Å². The van der Waals surface area contributed by atoms with Gasteiger partial charge in [-0.2, -0.15) is 0 Å². The summed E-state index contributed by atoms with van der Waals surface area (Å²) < 4.78 is 24.8. The molecule has 1 aromatic carbocycles. The summed E-state index contributed by atoms with van der Waals surface area (Å²) in [7, 11) is 2.59. The highest BCUT2D eigenvalue weighted by atomic mass is 32.2. The number of sulfone groups is 1. The van der Waals surface area contributed by atoms with Crippen LogP contribution in [0.3, 0.4) is 0 Å². The molecule has 0 aliphatic rings. The minimum Gasteiger partial charge on any atom is -0.330 e. The second kappa shape index (κ2) is 5.71. The Morgan fingerprint density at radius 2 is 1.68 bits per heavy atom. The molecule has 0 heterocycles. The van der Waals surface area contributed by atoms with Crippen LogP contribution in [0.25, 0.3) is 0 Å². The van der Waals surface area contributed by atoms with Crippen molar-refractivity contribution in [3.8, 4) is 0 Å². The van der Waals surface area contributed by atoms with Crippen LogP contribution in [-0.2, 0) is 14.6 Å². The van der Waals surface area contributed by atoms with Gasteiger partial charge in [-0.25, -0.2) is 8.42 Å². The van der Waals surface area contributed by atoms with Crippen molar-refractivity contribution in [2.45, 2.75) is 11.8 Å². The molecule has 5 nitrogen and oxygen atoms in total. The number of anilines is 1. The first kappa shape index (κ1) is 15.7. The van der Waals surface area contributed by atoms with Crippen LogP contribution >= 0.6 is 0 Å². The first-order chi connectivity index (χ1) is 8.60. The summed E-state index contributed by atoms with van der Waals surface area (Å²) in [6, 6.07) is 6.24. The van der Waals surface area contributed by atoms with E-state index in [9.17, 15) is 13.2 Å². The predicted octanol–water partition coefficient (Wildman–Crippen LogP) is 1.12. The molecule has 0 fully saturated rings. The third-order valence-corrected chi connectivity index (χ3v) is 4.28. The quantitative estimate of drug-likeness (QED) is 0.825. The molecule has 0 aromatic heterocycles. The van der Waals surface area contributed by atoms with Gasteiger partial charge in [0.15, 0.2) is 9.84 Å². The fourth-order valence-corrected chi connectivity index (χ4v) is 3.04. The zero-order chi connectivity index (χ0) is 14.7. The Labute approximate surface area is 114 Å². The average Bonchev–Trinajstić information content (AvgIpc) is 2.26. The molecule has 0 atom stereocenters. The van der Waals surface area contributed by atoms with Crippen molar-refractivity contribution in [1.29, 1.82) is 0 Å². The summed E-state index contributed by atoms with van der Waals surface area (Å²) in [5, 5.41) is 2.60. The minimum atomic E-state index is -3.27. The van der Waals surface area contributed by atoms with Crippen molar-refractivity contribution in [1.82, 2.24) is 0 Å². The minimum absolute atomic E-state index is 0.107. The maximum Gasteiger partial charge on any atom is 0.221 e. The number of quaternary nitrogens is 1. The Morgan fingerprint density at radius 1 is 1.16 bits per heavy atom. The van der Waals surface area contributed by atoms with E-state index in [1.54, 1.807) is 12.1 Å². The van der Waals surface area contributed by atoms with Gasteiger partial charge >= 0.3 is 0 Å². The number of amides is 1. The molecular weight excluding hydrogens is 264 g/mol. The maximum atomic E-state index is 12.1. The van der Waals surface area contributed by atoms with E-state index < -0.39 is 9.84 Å². The molecule has 0 saturated heterocycles. The van der Waals surface area contributed by atoms with Gasteiger partial charge in [0.05, 0.1) is 32.6 Å². The molecule has 106 valence electrons. The summed E-state index contributed by atoms with van der Waals surface area (Å²) in [5.74, 6) is -0.0728. The fraction of sp³-hybridized carbons (Fsp3) is 0.462. The molecule has 0 radical (unpaired) electrons. The van der Waals surface area contributed by atoms with Gasteiger partial charge in [-0.05, 0) is 24.3 Å². The number of benzene rings is 1. The lowest BCUT2D eigenvalue weighted by Gasteiger charge is -2.23. The Hall–Kier alpha value is -1.40. The molecule has 1 amide bonds. The second-order valence-corrected chi connectivity index (χ2v) is 7.65. The number of carbonyl (C=O) groups is 1. The number of hydrogen-bond donors (Lipinski definition) is 1. The molecule has 19 heavy (non-hydrogen) atoms. The zero-order valence-corrected chi connectivity index (χ0v) is 12.6. The third kappa shape index (κ3) is 5.40. The Balaban J connectivity index is 2.82. The summed E-state index contributed by atoms with van der Waals surface area (Å²) in [5.41, 5.74) is 0.595. The van der Waals surface area contributed by atoms with Gasteiger partial charge in [-0.1, -0.05) is 0 Å². The lowest BCUT2D eigenvalue weighted by molar-refractivity contribution is -0.867. The topological polar surface area (TPSA) is 63.2 Å². The Kier molecular flexibility index (Phi) is 4.70. The van der Waals surface area contributed by atoms with E-state index in [2.05, 4.69) is 5.32 Å². The van der Waals surface area contributed by atoms with Crippen LogP contribution in [0.1, 0.15) is 6.92 Å². The van der Waals surface area contributed by atoms with Crippen molar-refractivity contribution in [3.05, 3.63) is 24.3 Å². The van der Waals surface area contributed by atoms with Crippen LogP contribution in [0.2, 0.25) is 0 Å². The first-order valence-corrected chi connectivity index (χ1v) is 7.66. The molecule has 1 aromatic rings. The molecule has 6 heteroatoms. The summed E-state index contributed by atoms with van der Waals surface area (Å²) in [6.45, 7) is 1.96. The van der Waals surface area contributed by atoms with E-state index in [1.165, 1.54) is 19.1 Å². The fourth-order valence-electron chi connectivity index (χ4n) is 1.46. The lowest BCUT2D eigenvalue weighted by Crippen LogP contribution is -2.38. The highest BCUT2D eigenvalue weighted by Crippen LogP contribution is 2.15. The van der Waals surface area contributed by atoms with Gasteiger partial charge in [0, 0.05) is 12.6 Å². The molecular formula is C13H21N2O3S+. The molecule has 0 saturated carbocycles. The van der Waals surface area contributed by atoms with Crippen molar-refractivity contribution in [2.75, 3.05) is 38.8 Å². The number of rotatable bonds is 5. The predicted molar refractivity (Wildman–Crippen MR) is 75.7 cm³/mol. The van der Waals surface area contributed by atoms with E-state index in [0.29, 0.717) is 16.7 Å². The number of nitrogens with one attached hydrogen (secondary N) is 1. The van der Waals surface area contributed by atoms with Crippen molar-refractivity contribution < 1.29 is 17.7 Å². The van der Waals surface area contributed by atoms with E-state index in [1.807, 2.05) is 21.1 Å². The molecule has 1 N–H and O–H groups in total. The smallest absolute Gasteiger partial charge is 0.221 e. The summed E-state index contributed by atoms with van der Waals surface area (Å²) >= 11 is 0. The van der Waals surface area contributed by atoms with Crippen LogP contribution < -0.4 is 5.32 Å². The highest BCUT2D eigenvalue weighted by molar-refractivity contribution is 7.91. The van der Waals surface area contributed by atoms with Gasteiger partial charge < -0.3 is 9.80 Å². The van der Waals surface area contributed by atoms with Gasteiger partial charge in [0.2, 0.25) is 5.91 Å². The Bertz CT molecular complexity index is 542. The molecule has 0 spiro atoms. The lowest BCUT2D eigenvalue weighted by atomic mass is 10.3.